The molecule has 148 valence electrons. The van der Waals surface area contributed by atoms with Gasteiger partial charge in [-0.25, -0.2) is 19.2 Å². The Kier molecular flexibility index (Phi) is 19.8. The molecule has 0 unspecified atom stereocenters. The van der Waals surface area contributed by atoms with E-state index >= 15 is 0 Å². The second-order valence-electron chi connectivity index (χ2n) is 4.60. The van der Waals surface area contributed by atoms with Crippen molar-refractivity contribution in [2.75, 3.05) is 0 Å². The van der Waals surface area contributed by atoms with Gasteiger partial charge in [0.05, 0.1) is 0 Å². The van der Waals surface area contributed by atoms with Gasteiger partial charge in [-0.1, -0.05) is 39.8 Å². The number of carboxylic acid groups (broad SMARTS) is 4. The molecule has 0 aliphatic carbocycles. The first-order valence-electron chi connectivity index (χ1n) is 8.05. The van der Waals surface area contributed by atoms with E-state index in [9.17, 15) is 19.2 Å². The van der Waals surface area contributed by atoms with Crippen molar-refractivity contribution in [3.8, 4) is 0 Å². The van der Waals surface area contributed by atoms with Gasteiger partial charge in [-0.2, -0.15) is 0 Å². The van der Waals surface area contributed by atoms with Crippen LogP contribution in [0.3, 0.4) is 0 Å². The van der Waals surface area contributed by atoms with Crippen molar-refractivity contribution in [3.63, 3.8) is 0 Å². The Labute approximate surface area is 153 Å². The van der Waals surface area contributed by atoms with Crippen LogP contribution in [0.5, 0.6) is 0 Å². The summed E-state index contributed by atoms with van der Waals surface area (Å²) in [5.41, 5.74) is 1.02. The van der Waals surface area contributed by atoms with E-state index in [0.717, 1.165) is 12.8 Å². The van der Waals surface area contributed by atoms with E-state index < -0.39 is 23.9 Å². The fourth-order valence-corrected chi connectivity index (χ4v) is 1.40. The van der Waals surface area contributed by atoms with Gasteiger partial charge in [0.2, 0.25) is 0 Å². The Morgan fingerprint density at radius 2 is 0.885 bits per heavy atom. The summed E-state index contributed by atoms with van der Waals surface area (Å²) in [4.78, 5) is 39.6. The molecule has 0 spiro atoms. The molecule has 0 fully saturated rings. The normalized spacial score (nSPS) is 10.9. The lowest BCUT2D eigenvalue weighted by Gasteiger charge is -1.93. The summed E-state index contributed by atoms with van der Waals surface area (Å²) in [6.07, 6.45) is 7.42. The third-order valence-corrected chi connectivity index (χ3v) is 2.58. The third-order valence-electron chi connectivity index (χ3n) is 2.58. The quantitative estimate of drug-likeness (QED) is 0.474. The first-order chi connectivity index (χ1) is 12.1. The standard InChI is InChI=1S/2C7H12O2.C4H4O4/c2*1-3-5-6(4-2)7(8)9;5-3(6)1-2-4(7)8/h2*5H,3-4H2,1-2H3,(H,8,9);1-2H,(H,5,6)(H,7,8)/b;;2-1-. The number of allylic oxidation sites excluding steroid dienone is 2. The van der Waals surface area contributed by atoms with Gasteiger partial charge in [-0.15, -0.1) is 0 Å². The fraction of sp³-hybridized carbons (Fsp3) is 0.444. The molecular formula is C18H28O8. The highest BCUT2D eigenvalue weighted by molar-refractivity contribution is 5.89. The Morgan fingerprint density at radius 1 is 0.615 bits per heavy atom. The van der Waals surface area contributed by atoms with Crippen LogP contribution in [0.1, 0.15) is 53.4 Å². The van der Waals surface area contributed by atoms with Crippen LogP contribution in [0.25, 0.3) is 0 Å². The molecule has 0 rings (SSSR count). The molecule has 0 radical (unpaired) electrons. The second-order valence-corrected chi connectivity index (χ2v) is 4.60. The van der Waals surface area contributed by atoms with Gasteiger partial charge in [-0.3, -0.25) is 0 Å². The molecule has 0 aromatic carbocycles. The predicted molar refractivity (Wildman–Crippen MR) is 97.0 cm³/mol. The number of rotatable bonds is 8. The molecular weight excluding hydrogens is 344 g/mol. The molecule has 0 heterocycles. The minimum atomic E-state index is -1.26. The second kappa shape index (κ2) is 18.4. The smallest absolute Gasteiger partial charge is 0.331 e. The topological polar surface area (TPSA) is 149 Å². The molecule has 4 N–H and O–H groups in total. The first kappa shape index (κ1) is 27.9. The molecule has 0 saturated heterocycles. The minimum Gasteiger partial charge on any atom is -0.478 e. The van der Waals surface area contributed by atoms with Gasteiger partial charge in [0.1, 0.15) is 0 Å². The van der Waals surface area contributed by atoms with Crippen LogP contribution in [-0.4, -0.2) is 44.3 Å². The lowest BCUT2D eigenvalue weighted by molar-refractivity contribution is -0.134. The maximum Gasteiger partial charge on any atom is 0.331 e. The van der Waals surface area contributed by atoms with E-state index in [1.165, 1.54) is 0 Å². The average molecular weight is 372 g/mol. The van der Waals surface area contributed by atoms with Crippen molar-refractivity contribution in [2.45, 2.75) is 53.4 Å². The molecule has 8 heteroatoms. The van der Waals surface area contributed by atoms with E-state index in [1.54, 1.807) is 12.2 Å². The van der Waals surface area contributed by atoms with Crippen molar-refractivity contribution >= 4 is 23.9 Å². The molecule has 8 nitrogen and oxygen atoms in total. The minimum absolute atomic E-state index is 0.512. The molecule has 0 aliphatic rings. The SMILES string of the molecule is CCC=C(CC)C(=O)O.CCC=C(CC)C(=O)O.O=C(O)/C=C\C(=O)O. The first-order valence-corrected chi connectivity index (χ1v) is 8.05. The molecule has 0 atom stereocenters. The van der Waals surface area contributed by atoms with E-state index in [0.29, 0.717) is 36.1 Å². The van der Waals surface area contributed by atoms with Crippen LogP contribution < -0.4 is 0 Å². The van der Waals surface area contributed by atoms with Gasteiger partial charge < -0.3 is 20.4 Å². The zero-order valence-electron chi connectivity index (χ0n) is 15.6. The Balaban J connectivity index is -0.000000306. The maximum absolute atomic E-state index is 10.3. The lowest BCUT2D eigenvalue weighted by atomic mass is 10.2. The van der Waals surface area contributed by atoms with Crippen LogP contribution in [-0.2, 0) is 19.2 Å². The largest absolute Gasteiger partial charge is 0.478 e. The number of carbonyl (C=O) groups is 4. The summed E-state index contributed by atoms with van der Waals surface area (Å²) in [7, 11) is 0. The molecule has 0 aromatic rings. The summed E-state index contributed by atoms with van der Waals surface area (Å²) in [5, 5.41) is 32.5. The van der Waals surface area contributed by atoms with Crippen LogP contribution in [0.15, 0.2) is 35.5 Å². The van der Waals surface area contributed by atoms with Gasteiger partial charge >= 0.3 is 23.9 Å². The van der Waals surface area contributed by atoms with Crippen LogP contribution in [0.2, 0.25) is 0 Å². The zero-order chi connectivity index (χ0) is 21.1. The van der Waals surface area contributed by atoms with Crippen LogP contribution >= 0.6 is 0 Å². The summed E-state index contributed by atoms with van der Waals surface area (Å²) in [5.74, 6) is -4.10. The zero-order valence-corrected chi connectivity index (χ0v) is 15.6. The number of hydrogen-bond donors (Lipinski definition) is 4. The lowest BCUT2D eigenvalue weighted by Crippen LogP contribution is -1.98. The van der Waals surface area contributed by atoms with Gasteiger partial charge in [-0.05, 0) is 25.7 Å². The van der Waals surface area contributed by atoms with Gasteiger partial charge in [0, 0.05) is 23.3 Å². The van der Waals surface area contributed by atoms with Crippen molar-refractivity contribution in [1.82, 2.24) is 0 Å². The summed E-state index contributed by atoms with van der Waals surface area (Å²) in [6, 6.07) is 0. The van der Waals surface area contributed by atoms with Crippen LogP contribution in [0, 0.1) is 0 Å². The summed E-state index contributed by atoms with van der Waals surface area (Å²) < 4.78 is 0. The van der Waals surface area contributed by atoms with Gasteiger partial charge in [0.15, 0.2) is 0 Å². The molecule has 0 bridgehead atoms. The molecule has 0 aliphatic heterocycles. The number of carboxylic acids is 4. The highest BCUT2D eigenvalue weighted by Crippen LogP contribution is 2.01. The highest BCUT2D eigenvalue weighted by atomic mass is 16.4. The summed E-state index contributed by atoms with van der Waals surface area (Å²) >= 11 is 0. The molecule has 0 aromatic heterocycles. The van der Waals surface area contributed by atoms with Crippen molar-refractivity contribution in [1.29, 1.82) is 0 Å². The monoisotopic (exact) mass is 372 g/mol. The highest BCUT2D eigenvalue weighted by Gasteiger charge is 2.01. The van der Waals surface area contributed by atoms with Crippen molar-refractivity contribution in [3.05, 3.63) is 35.5 Å². The third kappa shape index (κ3) is 21.1. The van der Waals surface area contributed by atoms with Crippen LogP contribution in [0.4, 0.5) is 0 Å². The van der Waals surface area contributed by atoms with Crippen molar-refractivity contribution < 1.29 is 39.6 Å². The molecule has 0 amide bonds. The number of aliphatic carboxylic acids is 4. The van der Waals surface area contributed by atoms with E-state index in [-0.39, 0.29) is 0 Å². The number of hydrogen-bond acceptors (Lipinski definition) is 4. The van der Waals surface area contributed by atoms with Gasteiger partial charge in [0.25, 0.3) is 0 Å². The Morgan fingerprint density at radius 3 is 0.962 bits per heavy atom. The predicted octanol–water partition coefficient (Wildman–Crippen LogP) is 3.35. The Hall–Kier alpha value is -2.90. The Bertz CT molecular complexity index is 493. The molecule has 26 heavy (non-hydrogen) atoms. The van der Waals surface area contributed by atoms with E-state index in [4.69, 9.17) is 20.4 Å². The van der Waals surface area contributed by atoms with Crippen molar-refractivity contribution in [2.24, 2.45) is 0 Å². The summed E-state index contributed by atoms with van der Waals surface area (Å²) in [6.45, 7) is 7.54. The maximum atomic E-state index is 10.3. The average Bonchev–Trinajstić information content (AvgIpc) is 2.56. The van der Waals surface area contributed by atoms with E-state index in [1.807, 2.05) is 27.7 Å². The van der Waals surface area contributed by atoms with E-state index in [2.05, 4.69) is 0 Å². The molecule has 0 saturated carbocycles. The fourth-order valence-electron chi connectivity index (χ4n) is 1.40.